The maximum Gasteiger partial charge on any atom is 0.0556 e. The average Bonchev–Trinajstić information content (AvgIpc) is 1.95. The highest BCUT2D eigenvalue weighted by molar-refractivity contribution is 14.1. The molecule has 58 valence electrons. The topological polar surface area (TPSA) is 38.4 Å². The fraction of sp³-hybridized carbons (Fsp3) is 0.833. The molecule has 1 fully saturated rings. The van der Waals surface area contributed by atoms with Gasteiger partial charge in [0.05, 0.1) is 6.04 Å². The second kappa shape index (κ2) is 3.92. The molecule has 0 heterocycles. The van der Waals surface area contributed by atoms with E-state index in [9.17, 15) is 0 Å². The fourth-order valence-electron chi connectivity index (χ4n) is 1.15. The molecule has 4 heteroatoms. The highest BCUT2D eigenvalue weighted by Gasteiger charge is 2.24. The van der Waals surface area contributed by atoms with Crippen LogP contribution < -0.4 is 5.73 Å². The van der Waals surface area contributed by atoms with Gasteiger partial charge < -0.3 is 5.73 Å². The van der Waals surface area contributed by atoms with Crippen LogP contribution in [0.1, 0.15) is 19.3 Å². The zero-order chi connectivity index (χ0) is 7.56. The third kappa shape index (κ3) is 1.85. The van der Waals surface area contributed by atoms with Crippen molar-refractivity contribution in [1.29, 1.82) is 0 Å². The van der Waals surface area contributed by atoms with Gasteiger partial charge in [-0.1, -0.05) is 22.6 Å². The molecular formula is C6H11IN2S. The summed E-state index contributed by atoms with van der Waals surface area (Å²) in [6.45, 7) is 0. The number of alkyl halides is 1. The Morgan fingerprint density at radius 1 is 1.70 bits per heavy atom. The number of thiol groups is 1. The first-order chi connectivity index (χ1) is 4.75. The van der Waals surface area contributed by atoms with E-state index in [2.05, 4.69) is 39.8 Å². The van der Waals surface area contributed by atoms with E-state index in [1.54, 1.807) is 0 Å². The molecule has 10 heavy (non-hydrogen) atoms. The lowest BCUT2D eigenvalue weighted by molar-refractivity contribution is 0.641. The van der Waals surface area contributed by atoms with E-state index in [1.807, 2.05) is 0 Å². The molecule has 0 spiro atoms. The molecule has 0 aromatic heterocycles. The molecule has 2 N–H and O–H groups in total. The quantitative estimate of drug-likeness (QED) is 0.391. The van der Waals surface area contributed by atoms with Gasteiger partial charge in [-0.05, 0) is 32.1 Å². The summed E-state index contributed by atoms with van der Waals surface area (Å²) in [7, 11) is 0. The van der Waals surface area contributed by atoms with Crippen LogP contribution in [-0.4, -0.2) is 15.7 Å². The fourth-order valence-corrected chi connectivity index (χ4v) is 2.24. The smallest absolute Gasteiger partial charge is 0.0556 e. The van der Waals surface area contributed by atoms with E-state index in [4.69, 9.17) is 5.73 Å². The zero-order valence-electron chi connectivity index (χ0n) is 5.63. The minimum Gasteiger partial charge on any atom is -0.322 e. The lowest BCUT2D eigenvalue weighted by atomic mass is 9.94. The molecule has 0 aromatic rings. The first-order valence-electron chi connectivity index (χ1n) is 3.36. The molecule has 1 unspecified atom stereocenters. The Balaban J connectivity index is 2.60. The van der Waals surface area contributed by atoms with E-state index in [0.717, 1.165) is 12.1 Å². The molecule has 0 bridgehead atoms. The predicted octanol–water partition coefficient (Wildman–Crippen LogP) is 1.59. The second-order valence-electron chi connectivity index (χ2n) is 2.53. The Bertz CT molecular complexity index is 149. The Morgan fingerprint density at radius 3 is 2.90 bits per heavy atom. The summed E-state index contributed by atoms with van der Waals surface area (Å²) in [6, 6.07) is 0.145. The van der Waals surface area contributed by atoms with Gasteiger partial charge in [-0.2, -0.15) is 0 Å². The van der Waals surface area contributed by atoms with Crippen LogP contribution in [0.5, 0.6) is 0 Å². The molecule has 2 atom stereocenters. The standard InChI is InChI=1S/C6H11IN2S/c7-4-2-1-3-5(9-10)6(4)8/h4,6,10H,1-3,8H2/t4-,6?/m0/s1. The molecule has 0 radical (unpaired) electrons. The Labute approximate surface area is 80.3 Å². The van der Waals surface area contributed by atoms with E-state index in [1.165, 1.54) is 12.8 Å². The average molecular weight is 270 g/mol. The van der Waals surface area contributed by atoms with E-state index in [0.29, 0.717) is 3.92 Å². The molecule has 1 rings (SSSR count). The number of nitrogens with zero attached hydrogens (tertiary/aromatic N) is 1. The molecular weight excluding hydrogens is 259 g/mol. The van der Waals surface area contributed by atoms with Gasteiger partial charge in [0, 0.05) is 9.64 Å². The van der Waals surface area contributed by atoms with Crippen molar-refractivity contribution in [3.05, 3.63) is 0 Å². The van der Waals surface area contributed by atoms with Gasteiger partial charge in [-0.3, -0.25) is 0 Å². The molecule has 0 aliphatic heterocycles. The summed E-state index contributed by atoms with van der Waals surface area (Å²) in [4.78, 5) is 0. The summed E-state index contributed by atoms with van der Waals surface area (Å²) in [5.41, 5.74) is 6.91. The largest absolute Gasteiger partial charge is 0.322 e. The van der Waals surface area contributed by atoms with Gasteiger partial charge in [0.1, 0.15) is 0 Å². The molecule has 2 nitrogen and oxygen atoms in total. The van der Waals surface area contributed by atoms with Crippen molar-refractivity contribution in [2.24, 2.45) is 10.1 Å². The van der Waals surface area contributed by atoms with Crippen LogP contribution in [0.3, 0.4) is 0 Å². The molecule has 1 saturated carbocycles. The Kier molecular flexibility index (Phi) is 3.45. The third-order valence-corrected chi connectivity index (χ3v) is 3.47. The summed E-state index contributed by atoms with van der Waals surface area (Å²) in [5, 5.41) is 0. The Hall–Kier alpha value is 0.710. The van der Waals surface area contributed by atoms with E-state index in [-0.39, 0.29) is 6.04 Å². The lowest BCUT2D eigenvalue weighted by Gasteiger charge is -2.24. The first kappa shape index (κ1) is 8.80. The van der Waals surface area contributed by atoms with Crippen molar-refractivity contribution in [1.82, 2.24) is 0 Å². The number of halogens is 1. The summed E-state index contributed by atoms with van der Waals surface area (Å²) < 4.78 is 4.41. The molecule has 0 amide bonds. The van der Waals surface area contributed by atoms with Crippen molar-refractivity contribution in [2.75, 3.05) is 0 Å². The lowest BCUT2D eigenvalue weighted by Crippen LogP contribution is -2.41. The zero-order valence-corrected chi connectivity index (χ0v) is 8.68. The van der Waals surface area contributed by atoms with Crippen LogP contribution in [0.4, 0.5) is 0 Å². The monoisotopic (exact) mass is 270 g/mol. The third-order valence-electron chi connectivity index (χ3n) is 1.82. The van der Waals surface area contributed by atoms with Crippen LogP contribution >= 0.6 is 35.4 Å². The number of nitrogens with two attached hydrogens (primary N) is 1. The second-order valence-corrected chi connectivity index (χ2v) is 4.33. The van der Waals surface area contributed by atoms with Crippen molar-refractivity contribution < 1.29 is 0 Å². The van der Waals surface area contributed by atoms with E-state index >= 15 is 0 Å². The highest BCUT2D eigenvalue weighted by atomic mass is 127. The summed E-state index contributed by atoms with van der Waals surface area (Å²) >= 11 is 6.25. The van der Waals surface area contributed by atoms with Gasteiger partial charge in [-0.15, -0.1) is 0 Å². The summed E-state index contributed by atoms with van der Waals surface area (Å²) in [5.74, 6) is 0. The molecule has 0 saturated heterocycles. The molecule has 1 aliphatic rings. The van der Waals surface area contributed by atoms with Gasteiger partial charge >= 0.3 is 0 Å². The van der Waals surface area contributed by atoms with Crippen LogP contribution in [0.15, 0.2) is 4.40 Å². The predicted molar refractivity (Wildman–Crippen MR) is 56.1 cm³/mol. The van der Waals surface area contributed by atoms with Crippen molar-refractivity contribution >= 4 is 41.1 Å². The van der Waals surface area contributed by atoms with Gasteiger partial charge in [0.25, 0.3) is 0 Å². The number of rotatable bonds is 0. The Morgan fingerprint density at radius 2 is 2.40 bits per heavy atom. The summed E-state index contributed by atoms with van der Waals surface area (Å²) in [6.07, 6.45) is 3.46. The van der Waals surface area contributed by atoms with Gasteiger partial charge in [-0.25, -0.2) is 4.40 Å². The molecule has 1 aliphatic carbocycles. The highest BCUT2D eigenvalue weighted by Crippen LogP contribution is 2.22. The maximum absolute atomic E-state index is 5.85. The number of hydrogen-bond donors (Lipinski definition) is 2. The van der Waals surface area contributed by atoms with Crippen LogP contribution in [0.2, 0.25) is 0 Å². The van der Waals surface area contributed by atoms with Crippen molar-refractivity contribution in [3.63, 3.8) is 0 Å². The van der Waals surface area contributed by atoms with Gasteiger partial charge in [0.2, 0.25) is 0 Å². The van der Waals surface area contributed by atoms with Crippen LogP contribution in [0, 0.1) is 0 Å². The van der Waals surface area contributed by atoms with Gasteiger partial charge in [0.15, 0.2) is 0 Å². The number of hydrogen-bond acceptors (Lipinski definition) is 3. The van der Waals surface area contributed by atoms with Crippen molar-refractivity contribution in [2.45, 2.75) is 29.2 Å². The minimum atomic E-state index is 0.145. The van der Waals surface area contributed by atoms with Crippen LogP contribution in [-0.2, 0) is 0 Å². The first-order valence-corrected chi connectivity index (χ1v) is 5.00. The SMILES string of the molecule is NC1C(=NS)CCC[C@@H]1I. The maximum atomic E-state index is 5.85. The van der Waals surface area contributed by atoms with Crippen LogP contribution in [0.25, 0.3) is 0 Å². The molecule has 0 aromatic carbocycles. The normalized spacial score (nSPS) is 38.5. The minimum absolute atomic E-state index is 0.145. The van der Waals surface area contributed by atoms with Crippen molar-refractivity contribution in [3.8, 4) is 0 Å². The van der Waals surface area contributed by atoms with E-state index < -0.39 is 0 Å².